The van der Waals surface area contributed by atoms with Crippen LogP contribution in [0.2, 0.25) is 0 Å². The molecule has 0 bridgehead atoms. The molecule has 0 saturated carbocycles. The third-order valence-electron chi connectivity index (χ3n) is 3.95. The molecule has 0 unspecified atom stereocenters. The first-order chi connectivity index (χ1) is 10.1. The molecule has 4 nitrogen and oxygen atoms in total. The number of rotatable bonds is 5. The van der Waals surface area contributed by atoms with E-state index in [0.717, 1.165) is 37.0 Å². The van der Waals surface area contributed by atoms with E-state index in [9.17, 15) is 4.79 Å². The highest BCUT2D eigenvalue weighted by Gasteiger charge is 2.21. The Balaban J connectivity index is 1.61. The van der Waals surface area contributed by atoms with Gasteiger partial charge in [-0.1, -0.05) is 44.2 Å². The van der Waals surface area contributed by atoms with E-state index in [1.54, 1.807) is 0 Å². The molecule has 0 aromatic heterocycles. The summed E-state index contributed by atoms with van der Waals surface area (Å²) in [6.07, 6.45) is 1.32. The second-order valence-corrected chi connectivity index (χ2v) is 6.30. The lowest BCUT2D eigenvalue weighted by molar-refractivity contribution is 0.142. The van der Waals surface area contributed by atoms with Crippen molar-refractivity contribution >= 4 is 6.03 Å². The van der Waals surface area contributed by atoms with Gasteiger partial charge in [0.2, 0.25) is 0 Å². The van der Waals surface area contributed by atoms with Gasteiger partial charge >= 0.3 is 6.03 Å². The molecule has 1 fully saturated rings. The third-order valence-corrected chi connectivity index (χ3v) is 3.95. The van der Waals surface area contributed by atoms with Crippen LogP contribution in [0, 0.1) is 11.8 Å². The van der Waals surface area contributed by atoms with Crippen molar-refractivity contribution in [3.63, 3.8) is 0 Å². The van der Waals surface area contributed by atoms with Crippen molar-refractivity contribution in [1.29, 1.82) is 0 Å². The topological polar surface area (TPSA) is 44.4 Å². The van der Waals surface area contributed by atoms with Crippen LogP contribution in [0.1, 0.15) is 25.8 Å². The smallest absolute Gasteiger partial charge is 0.315 e. The summed E-state index contributed by atoms with van der Waals surface area (Å²) in [4.78, 5) is 14.2. The molecule has 1 saturated heterocycles. The Morgan fingerprint density at radius 3 is 2.48 bits per heavy atom. The predicted octanol–water partition coefficient (Wildman–Crippen LogP) is 2.46. The molecule has 1 heterocycles. The maximum atomic E-state index is 11.7. The number of likely N-dealkylation sites (tertiary alicyclic amines) is 1. The van der Waals surface area contributed by atoms with Crippen LogP contribution in [0.5, 0.6) is 0 Å². The van der Waals surface area contributed by atoms with Crippen LogP contribution in [0.4, 0.5) is 4.79 Å². The average molecular weight is 289 g/mol. The largest absolute Gasteiger partial charge is 0.337 e. The van der Waals surface area contributed by atoms with Gasteiger partial charge in [0, 0.05) is 32.7 Å². The summed E-state index contributed by atoms with van der Waals surface area (Å²) in [6, 6.07) is 9.87. The van der Waals surface area contributed by atoms with Gasteiger partial charge in [-0.2, -0.15) is 0 Å². The Kier molecular flexibility index (Phi) is 6.05. The minimum atomic E-state index is -0.0861. The van der Waals surface area contributed by atoms with E-state index in [-0.39, 0.29) is 6.03 Å². The van der Waals surface area contributed by atoms with Gasteiger partial charge in [0.15, 0.2) is 0 Å². The SMILES string of the molecule is C[C@H]1C[C@H](C)CN(CCNC(=O)NCc2ccccc2)C1. The summed E-state index contributed by atoms with van der Waals surface area (Å²) in [5.74, 6) is 1.53. The number of carbonyl (C=O) groups is 1. The van der Waals surface area contributed by atoms with Gasteiger partial charge in [-0.05, 0) is 23.8 Å². The molecule has 21 heavy (non-hydrogen) atoms. The minimum absolute atomic E-state index is 0.0861. The van der Waals surface area contributed by atoms with Gasteiger partial charge in [-0.3, -0.25) is 0 Å². The molecule has 2 amide bonds. The van der Waals surface area contributed by atoms with Crippen molar-refractivity contribution in [3.05, 3.63) is 35.9 Å². The van der Waals surface area contributed by atoms with Gasteiger partial charge in [0.25, 0.3) is 0 Å². The van der Waals surface area contributed by atoms with Crippen LogP contribution in [0.25, 0.3) is 0 Å². The fourth-order valence-corrected chi connectivity index (χ4v) is 3.14. The number of benzene rings is 1. The van der Waals surface area contributed by atoms with Crippen LogP contribution in [0.15, 0.2) is 30.3 Å². The fraction of sp³-hybridized carbons (Fsp3) is 0.588. The number of nitrogens with one attached hydrogen (secondary N) is 2. The number of hydrogen-bond donors (Lipinski definition) is 2. The standard InChI is InChI=1S/C17H27N3O/c1-14-10-15(2)13-20(12-14)9-8-18-17(21)19-11-16-6-4-3-5-7-16/h3-7,14-15H,8-13H2,1-2H3,(H2,18,19,21)/t14-,15-/m0/s1. The zero-order valence-electron chi connectivity index (χ0n) is 13.1. The van der Waals surface area contributed by atoms with Crippen molar-refractivity contribution in [2.45, 2.75) is 26.8 Å². The van der Waals surface area contributed by atoms with E-state index >= 15 is 0 Å². The summed E-state index contributed by atoms with van der Waals surface area (Å²) < 4.78 is 0. The Hall–Kier alpha value is -1.55. The average Bonchev–Trinajstić information content (AvgIpc) is 2.45. The number of amides is 2. The Morgan fingerprint density at radius 2 is 1.81 bits per heavy atom. The molecule has 2 atom stereocenters. The van der Waals surface area contributed by atoms with Crippen LogP contribution in [-0.4, -0.2) is 37.1 Å². The number of nitrogens with zero attached hydrogens (tertiary/aromatic N) is 1. The van der Waals surface area contributed by atoms with E-state index in [4.69, 9.17) is 0 Å². The van der Waals surface area contributed by atoms with Crippen LogP contribution >= 0.6 is 0 Å². The molecule has 0 radical (unpaired) electrons. The Bertz CT molecular complexity index is 425. The third kappa shape index (κ3) is 5.76. The molecule has 1 aromatic carbocycles. The lowest BCUT2D eigenvalue weighted by Gasteiger charge is -2.34. The summed E-state index contributed by atoms with van der Waals surface area (Å²) in [6.45, 7) is 9.14. The molecular weight excluding hydrogens is 262 g/mol. The number of urea groups is 1. The van der Waals surface area contributed by atoms with E-state index < -0.39 is 0 Å². The molecule has 4 heteroatoms. The first-order valence-electron chi connectivity index (χ1n) is 7.91. The second kappa shape index (κ2) is 8.03. The normalized spacial score (nSPS) is 22.8. The summed E-state index contributed by atoms with van der Waals surface area (Å²) in [7, 11) is 0. The summed E-state index contributed by atoms with van der Waals surface area (Å²) in [5, 5.41) is 5.82. The van der Waals surface area contributed by atoms with Gasteiger partial charge in [-0.15, -0.1) is 0 Å². The lowest BCUT2D eigenvalue weighted by Crippen LogP contribution is -2.44. The number of carbonyl (C=O) groups excluding carboxylic acids is 1. The molecule has 2 rings (SSSR count). The monoisotopic (exact) mass is 289 g/mol. The number of piperidine rings is 1. The maximum Gasteiger partial charge on any atom is 0.315 e. The van der Waals surface area contributed by atoms with Crippen molar-refractivity contribution in [1.82, 2.24) is 15.5 Å². The van der Waals surface area contributed by atoms with Gasteiger partial charge in [0.1, 0.15) is 0 Å². The Labute approximate surface area is 127 Å². The first-order valence-corrected chi connectivity index (χ1v) is 7.91. The summed E-state index contributed by atoms with van der Waals surface area (Å²) >= 11 is 0. The van der Waals surface area contributed by atoms with E-state index in [2.05, 4.69) is 29.4 Å². The lowest BCUT2D eigenvalue weighted by atomic mass is 9.92. The Morgan fingerprint density at radius 1 is 1.14 bits per heavy atom. The molecule has 1 aliphatic heterocycles. The molecule has 1 aliphatic rings. The molecular formula is C17H27N3O. The van der Waals surface area contributed by atoms with Crippen molar-refractivity contribution in [2.24, 2.45) is 11.8 Å². The first kappa shape index (κ1) is 15.8. The minimum Gasteiger partial charge on any atom is -0.337 e. The van der Waals surface area contributed by atoms with Crippen molar-refractivity contribution in [2.75, 3.05) is 26.2 Å². The van der Waals surface area contributed by atoms with Gasteiger partial charge in [-0.25, -0.2) is 4.79 Å². The van der Waals surface area contributed by atoms with Crippen molar-refractivity contribution in [3.8, 4) is 0 Å². The zero-order chi connectivity index (χ0) is 15.1. The maximum absolute atomic E-state index is 11.7. The molecule has 116 valence electrons. The van der Waals surface area contributed by atoms with Crippen molar-refractivity contribution < 1.29 is 4.79 Å². The van der Waals surface area contributed by atoms with Crippen LogP contribution < -0.4 is 10.6 Å². The fourth-order valence-electron chi connectivity index (χ4n) is 3.14. The predicted molar refractivity (Wildman–Crippen MR) is 86.1 cm³/mol. The van der Waals surface area contributed by atoms with Crippen LogP contribution in [0.3, 0.4) is 0 Å². The molecule has 0 spiro atoms. The highest BCUT2D eigenvalue weighted by atomic mass is 16.2. The molecule has 0 aliphatic carbocycles. The number of hydrogen-bond acceptors (Lipinski definition) is 2. The molecule has 2 N–H and O–H groups in total. The highest BCUT2D eigenvalue weighted by molar-refractivity contribution is 5.73. The van der Waals surface area contributed by atoms with E-state index in [1.165, 1.54) is 6.42 Å². The second-order valence-electron chi connectivity index (χ2n) is 6.30. The quantitative estimate of drug-likeness (QED) is 0.874. The van der Waals surface area contributed by atoms with Gasteiger partial charge in [0.05, 0.1) is 0 Å². The van der Waals surface area contributed by atoms with E-state index in [0.29, 0.717) is 13.1 Å². The van der Waals surface area contributed by atoms with E-state index in [1.807, 2.05) is 30.3 Å². The summed E-state index contributed by atoms with van der Waals surface area (Å²) in [5.41, 5.74) is 1.12. The highest BCUT2D eigenvalue weighted by Crippen LogP contribution is 2.20. The molecule has 1 aromatic rings. The zero-order valence-corrected chi connectivity index (χ0v) is 13.1. The van der Waals surface area contributed by atoms with Crippen LogP contribution in [-0.2, 0) is 6.54 Å². The van der Waals surface area contributed by atoms with Gasteiger partial charge < -0.3 is 15.5 Å².